The smallest absolute Gasteiger partial charge is 0.316 e. The van der Waals surface area contributed by atoms with E-state index in [2.05, 4.69) is 4.98 Å². The van der Waals surface area contributed by atoms with Gasteiger partial charge in [0.25, 0.3) is 5.69 Å². The molecule has 2 rings (SSSR count). The molecule has 8 heteroatoms. The molecule has 0 fully saturated rings. The lowest BCUT2D eigenvalue weighted by molar-refractivity contribution is -0.384. The second-order valence-electron chi connectivity index (χ2n) is 5.13. The first-order valence-corrected chi connectivity index (χ1v) is 7.37. The Morgan fingerprint density at radius 3 is 2.50 bits per heavy atom. The maximum atomic E-state index is 12.1. The monoisotopic (exact) mass is 325 g/mol. The Morgan fingerprint density at radius 2 is 1.95 bits per heavy atom. The van der Waals surface area contributed by atoms with Crippen molar-refractivity contribution in [3.8, 4) is 0 Å². The topological polar surface area (TPSA) is 98.0 Å². The van der Waals surface area contributed by atoms with Crippen LogP contribution in [-0.2, 0) is 6.54 Å². The summed E-state index contributed by atoms with van der Waals surface area (Å²) in [7, 11) is 0. The van der Waals surface area contributed by atoms with Crippen LogP contribution in [0.1, 0.15) is 26.7 Å². The molecule has 0 aliphatic rings. The second-order valence-corrected chi connectivity index (χ2v) is 5.54. The van der Waals surface area contributed by atoms with Gasteiger partial charge in [0.2, 0.25) is 0 Å². The quantitative estimate of drug-likeness (QED) is 0.519. The lowest BCUT2D eigenvalue weighted by atomic mass is 10.0. The van der Waals surface area contributed by atoms with Crippen molar-refractivity contribution >= 4 is 28.3 Å². The number of H-pyrrole nitrogens is 1. The van der Waals surface area contributed by atoms with E-state index < -0.39 is 16.0 Å². The number of nitro benzene ring substituents is 1. The lowest BCUT2D eigenvalue weighted by Gasteiger charge is -2.16. The van der Waals surface area contributed by atoms with Crippen molar-refractivity contribution in [2.45, 2.75) is 33.2 Å². The third-order valence-electron chi connectivity index (χ3n) is 3.84. The summed E-state index contributed by atoms with van der Waals surface area (Å²) in [4.78, 5) is 36.7. The van der Waals surface area contributed by atoms with E-state index in [-0.39, 0.29) is 16.6 Å². The minimum atomic E-state index is -0.761. The van der Waals surface area contributed by atoms with E-state index in [1.165, 1.54) is 16.7 Å². The van der Waals surface area contributed by atoms with E-state index in [1.54, 1.807) is 0 Å². The molecule has 0 saturated heterocycles. The number of rotatable bonds is 5. The molecule has 1 N–H and O–H groups in total. The van der Waals surface area contributed by atoms with Crippen LogP contribution < -0.4 is 11.1 Å². The number of fused-ring (bicyclic) bond motifs is 1. The normalized spacial score (nSPS) is 11.3. The zero-order valence-corrected chi connectivity index (χ0v) is 13.0. The summed E-state index contributed by atoms with van der Waals surface area (Å²) in [5.74, 6) is 0.206. The van der Waals surface area contributed by atoms with Crippen LogP contribution >= 0.6 is 11.6 Å². The maximum Gasteiger partial charge on any atom is 0.316 e. The molecule has 0 unspecified atom stereocenters. The Hall–Kier alpha value is -2.15. The molecule has 0 amide bonds. The summed E-state index contributed by atoms with van der Waals surface area (Å²) < 4.78 is 1.30. The predicted molar refractivity (Wildman–Crippen MR) is 84.6 cm³/mol. The molecule has 1 heterocycles. The van der Waals surface area contributed by atoms with Gasteiger partial charge in [-0.3, -0.25) is 19.7 Å². The maximum absolute atomic E-state index is 12.1. The molecule has 0 radical (unpaired) electrons. The van der Waals surface area contributed by atoms with Crippen molar-refractivity contribution in [2.24, 2.45) is 5.92 Å². The number of aromatic amines is 1. The van der Waals surface area contributed by atoms with Crippen molar-refractivity contribution in [1.82, 2.24) is 9.55 Å². The molecule has 0 bridgehead atoms. The van der Waals surface area contributed by atoms with E-state index in [9.17, 15) is 19.7 Å². The van der Waals surface area contributed by atoms with Gasteiger partial charge < -0.3 is 9.55 Å². The van der Waals surface area contributed by atoms with Crippen LogP contribution in [-0.4, -0.2) is 14.5 Å². The Bertz CT molecular complexity index is 836. The molecule has 0 spiro atoms. The molecular weight excluding hydrogens is 310 g/mol. The van der Waals surface area contributed by atoms with Crippen LogP contribution in [0.2, 0.25) is 5.02 Å². The second kappa shape index (κ2) is 6.31. The molecule has 1 aromatic heterocycles. The number of hydrogen-bond donors (Lipinski definition) is 1. The zero-order valence-electron chi connectivity index (χ0n) is 12.3. The molecule has 2 aromatic rings. The van der Waals surface area contributed by atoms with E-state index in [1.807, 2.05) is 13.8 Å². The van der Waals surface area contributed by atoms with Gasteiger partial charge in [0.15, 0.2) is 0 Å². The van der Waals surface area contributed by atoms with Gasteiger partial charge in [-0.05, 0) is 12.0 Å². The summed E-state index contributed by atoms with van der Waals surface area (Å²) in [6.07, 6.45) is 1.68. The molecule has 22 heavy (non-hydrogen) atoms. The van der Waals surface area contributed by atoms with Gasteiger partial charge in [-0.15, -0.1) is 0 Å². The predicted octanol–water partition coefficient (Wildman–Crippen LogP) is 2.69. The lowest BCUT2D eigenvalue weighted by Crippen LogP contribution is -2.37. The van der Waals surface area contributed by atoms with Crippen molar-refractivity contribution in [2.75, 3.05) is 0 Å². The number of aromatic nitrogens is 2. The highest BCUT2D eigenvalue weighted by molar-refractivity contribution is 6.33. The van der Waals surface area contributed by atoms with Crippen molar-refractivity contribution in [3.63, 3.8) is 0 Å². The Labute approximate surface area is 130 Å². The summed E-state index contributed by atoms with van der Waals surface area (Å²) in [5, 5.41) is 10.9. The highest BCUT2D eigenvalue weighted by Gasteiger charge is 2.18. The summed E-state index contributed by atoms with van der Waals surface area (Å²) in [5.41, 5.74) is -1.14. The number of hydrogen-bond acceptors (Lipinski definition) is 4. The molecule has 0 aliphatic carbocycles. The first-order chi connectivity index (χ1) is 10.4. The van der Waals surface area contributed by atoms with Gasteiger partial charge in [0, 0.05) is 12.6 Å². The van der Waals surface area contributed by atoms with Crippen LogP contribution in [0.4, 0.5) is 5.69 Å². The van der Waals surface area contributed by atoms with Crippen LogP contribution in [0.3, 0.4) is 0 Å². The molecule has 118 valence electrons. The molecule has 0 atom stereocenters. The fourth-order valence-corrected chi connectivity index (χ4v) is 2.64. The van der Waals surface area contributed by atoms with Crippen LogP contribution in [0, 0.1) is 16.0 Å². The number of nitrogens with one attached hydrogen (secondary N) is 1. The van der Waals surface area contributed by atoms with Crippen LogP contribution in [0.25, 0.3) is 11.0 Å². The van der Waals surface area contributed by atoms with E-state index in [0.29, 0.717) is 17.6 Å². The molecule has 7 nitrogen and oxygen atoms in total. The van der Waals surface area contributed by atoms with Crippen molar-refractivity contribution < 1.29 is 4.92 Å². The number of halogens is 1. The standard InChI is InChI=1S/C14H16ClN3O4/c1-3-8(4-2)7-17-12-6-11(18(21)22)9(15)5-10(12)16-13(19)14(17)20/h5-6,8H,3-4,7H2,1-2H3,(H,16,19). The summed E-state index contributed by atoms with van der Waals surface area (Å²) >= 11 is 5.85. The molecule has 0 aliphatic heterocycles. The minimum absolute atomic E-state index is 0.0825. The molecular formula is C14H16ClN3O4. The highest BCUT2D eigenvalue weighted by atomic mass is 35.5. The Morgan fingerprint density at radius 1 is 1.32 bits per heavy atom. The van der Waals surface area contributed by atoms with Gasteiger partial charge in [-0.25, -0.2) is 0 Å². The molecule has 1 aromatic carbocycles. The fourth-order valence-electron chi connectivity index (χ4n) is 2.41. The van der Waals surface area contributed by atoms with Gasteiger partial charge in [0.05, 0.1) is 16.0 Å². The number of nitro groups is 1. The Balaban J connectivity index is 2.79. The first-order valence-electron chi connectivity index (χ1n) is 6.99. The van der Waals surface area contributed by atoms with Crippen LogP contribution in [0.15, 0.2) is 21.7 Å². The van der Waals surface area contributed by atoms with E-state index in [4.69, 9.17) is 11.6 Å². The van der Waals surface area contributed by atoms with E-state index in [0.717, 1.165) is 12.8 Å². The minimum Gasteiger partial charge on any atom is -0.316 e. The largest absolute Gasteiger partial charge is 0.316 e. The van der Waals surface area contributed by atoms with Crippen molar-refractivity contribution in [3.05, 3.63) is 48.0 Å². The SMILES string of the molecule is CCC(CC)Cn1c(=O)c(=O)[nH]c2cc(Cl)c([N+](=O)[O-])cc21. The highest BCUT2D eigenvalue weighted by Crippen LogP contribution is 2.28. The van der Waals surface area contributed by atoms with Gasteiger partial charge in [-0.2, -0.15) is 0 Å². The zero-order chi connectivity index (χ0) is 16.4. The summed E-state index contributed by atoms with van der Waals surface area (Å²) in [6, 6.07) is 2.54. The summed E-state index contributed by atoms with van der Waals surface area (Å²) in [6.45, 7) is 4.33. The number of benzene rings is 1. The van der Waals surface area contributed by atoms with Crippen molar-refractivity contribution in [1.29, 1.82) is 0 Å². The number of nitrogens with zero attached hydrogens (tertiary/aromatic N) is 2. The third kappa shape index (κ3) is 2.89. The Kier molecular flexibility index (Phi) is 4.65. The fraction of sp³-hybridized carbons (Fsp3) is 0.429. The third-order valence-corrected chi connectivity index (χ3v) is 4.14. The van der Waals surface area contributed by atoms with E-state index >= 15 is 0 Å². The first kappa shape index (κ1) is 16.2. The van der Waals surface area contributed by atoms with Crippen LogP contribution in [0.5, 0.6) is 0 Å². The van der Waals surface area contributed by atoms with Gasteiger partial charge in [-0.1, -0.05) is 38.3 Å². The van der Waals surface area contributed by atoms with Gasteiger partial charge in [0.1, 0.15) is 5.02 Å². The average Bonchev–Trinajstić information content (AvgIpc) is 2.47. The molecule has 0 saturated carbocycles. The average molecular weight is 326 g/mol. The van der Waals surface area contributed by atoms with Gasteiger partial charge >= 0.3 is 11.1 Å².